The van der Waals surface area contributed by atoms with Crippen LogP contribution in [0, 0.1) is 0 Å². The first-order chi connectivity index (χ1) is 9.11. The summed E-state index contributed by atoms with van der Waals surface area (Å²) >= 11 is 0. The fourth-order valence-electron chi connectivity index (χ4n) is 1.71. The number of benzene rings is 1. The van der Waals surface area contributed by atoms with Gasteiger partial charge in [0.2, 0.25) is 0 Å². The predicted octanol–water partition coefficient (Wildman–Crippen LogP) is -0.812. The third-order valence-electron chi connectivity index (χ3n) is 2.61. The minimum Gasteiger partial charge on any atom is -0.290 e. The summed E-state index contributed by atoms with van der Waals surface area (Å²) in [6, 6.07) is 9.01. The van der Waals surface area contributed by atoms with Crippen molar-refractivity contribution in [1.82, 2.24) is 15.2 Å². The molecule has 0 aliphatic heterocycles. The van der Waals surface area contributed by atoms with E-state index in [1.165, 1.54) is 6.07 Å². The Balaban J connectivity index is 2.44. The van der Waals surface area contributed by atoms with Gasteiger partial charge in [-0.1, -0.05) is 18.2 Å². The van der Waals surface area contributed by atoms with Crippen LogP contribution in [0.2, 0.25) is 0 Å². The topological polar surface area (TPSA) is 110 Å². The fourth-order valence-corrected chi connectivity index (χ4v) is 1.71. The number of hydrogen-bond acceptors (Lipinski definition) is 4. The molecular formula is C12H12N4O3. The van der Waals surface area contributed by atoms with E-state index in [-0.39, 0.29) is 17.7 Å². The highest BCUT2D eigenvalue weighted by Gasteiger charge is 2.10. The molecule has 0 aliphatic carbocycles. The standard InChI is InChI=1S/C12H12N4O3/c13-14-12(19)9-4-2-1-3-8(9)7-16-11(18)6-5-10(17)15-16/h1-6H,7,13H2,(H,14,19)(H,15,17). The molecule has 0 saturated carbocycles. The molecule has 98 valence electrons. The van der Waals surface area contributed by atoms with Crippen LogP contribution in [0.3, 0.4) is 0 Å². The first kappa shape index (κ1) is 12.8. The van der Waals surface area contributed by atoms with E-state index in [1.807, 2.05) is 5.43 Å². The Hall–Kier alpha value is -2.67. The zero-order valence-corrected chi connectivity index (χ0v) is 9.92. The van der Waals surface area contributed by atoms with E-state index < -0.39 is 5.91 Å². The summed E-state index contributed by atoms with van der Waals surface area (Å²) < 4.78 is 1.13. The molecule has 1 aromatic carbocycles. The molecule has 2 rings (SSSR count). The molecule has 0 fully saturated rings. The average Bonchev–Trinajstić information content (AvgIpc) is 2.42. The Morgan fingerprint density at radius 2 is 1.95 bits per heavy atom. The largest absolute Gasteiger partial charge is 0.290 e. The van der Waals surface area contributed by atoms with Crippen molar-refractivity contribution in [3.05, 3.63) is 68.2 Å². The Morgan fingerprint density at radius 1 is 1.21 bits per heavy atom. The molecule has 0 aliphatic rings. The maximum Gasteiger partial charge on any atom is 0.265 e. The van der Waals surface area contributed by atoms with Gasteiger partial charge in [0.1, 0.15) is 0 Å². The lowest BCUT2D eigenvalue weighted by atomic mass is 10.1. The summed E-state index contributed by atoms with van der Waals surface area (Å²) in [6.07, 6.45) is 0. The first-order valence-electron chi connectivity index (χ1n) is 5.51. The number of nitrogen functional groups attached to an aromatic ring is 1. The monoisotopic (exact) mass is 260 g/mol. The second kappa shape index (κ2) is 5.32. The number of nitrogens with zero attached hydrogens (tertiary/aromatic N) is 1. The lowest BCUT2D eigenvalue weighted by Crippen LogP contribution is -2.32. The number of amides is 1. The molecule has 0 radical (unpaired) electrons. The molecular weight excluding hydrogens is 248 g/mol. The molecule has 0 unspecified atom stereocenters. The number of nitrogens with one attached hydrogen (secondary N) is 2. The van der Waals surface area contributed by atoms with Crippen molar-refractivity contribution >= 4 is 5.91 Å². The predicted molar refractivity (Wildman–Crippen MR) is 68.5 cm³/mol. The molecule has 7 heteroatoms. The molecule has 0 atom stereocenters. The highest BCUT2D eigenvalue weighted by molar-refractivity contribution is 5.95. The van der Waals surface area contributed by atoms with Crippen molar-refractivity contribution in [3.63, 3.8) is 0 Å². The van der Waals surface area contributed by atoms with Gasteiger partial charge in [0.15, 0.2) is 0 Å². The summed E-state index contributed by atoms with van der Waals surface area (Å²) in [6.45, 7) is 0.0819. The lowest BCUT2D eigenvalue weighted by Gasteiger charge is -2.09. The van der Waals surface area contributed by atoms with Crippen LogP contribution >= 0.6 is 0 Å². The number of aromatic amines is 1. The highest BCUT2D eigenvalue weighted by Crippen LogP contribution is 2.08. The van der Waals surface area contributed by atoms with Gasteiger partial charge in [0.25, 0.3) is 17.0 Å². The fraction of sp³-hybridized carbons (Fsp3) is 0.0833. The van der Waals surface area contributed by atoms with Crippen molar-refractivity contribution in [1.29, 1.82) is 0 Å². The number of rotatable bonds is 3. The molecule has 0 spiro atoms. The summed E-state index contributed by atoms with van der Waals surface area (Å²) in [5, 5.41) is 2.39. The number of aromatic nitrogens is 2. The van der Waals surface area contributed by atoms with Crippen LogP contribution in [0.5, 0.6) is 0 Å². The van der Waals surface area contributed by atoms with Crippen molar-refractivity contribution in [2.75, 3.05) is 0 Å². The van der Waals surface area contributed by atoms with Crippen molar-refractivity contribution in [2.45, 2.75) is 6.54 Å². The van der Waals surface area contributed by atoms with E-state index in [9.17, 15) is 14.4 Å². The van der Waals surface area contributed by atoms with Gasteiger partial charge in [-0.15, -0.1) is 0 Å². The number of H-pyrrole nitrogens is 1. The van der Waals surface area contributed by atoms with Crippen molar-refractivity contribution in [3.8, 4) is 0 Å². The third-order valence-corrected chi connectivity index (χ3v) is 2.61. The Labute approximate surface area is 107 Å². The number of hydrogen-bond donors (Lipinski definition) is 3. The van der Waals surface area contributed by atoms with E-state index in [0.717, 1.165) is 10.7 Å². The summed E-state index contributed by atoms with van der Waals surface area (Å²) in [5.74, 6) is 4.64. The molecule has 1 heterocycles. The first-order valence-corrected chi connectivity index (χ1v) is 5.51. The van der Waals surface area contributed by atoms with Gasteiger partial charge in [-0.2, -0.15) is 0 Å². The number of nitrogens with two attached hydrogens (primary N) is 1. The Bertz CT molecular complexity index is 717. The third kappa shape index (κ3) is 2.78. The zero-order chi connectivity index (χ0) is 13.8. The minimum atomic E-state index is -0.457. The van der Waals surface area contributed by atoms with Gasteiger partial charge in [-0.3, -0.25) is 24.9 Å². The summed E-state index contributed by atoms with van der Waals surface area (Å²) in [7, 11) is 0. The van der Waals surface area contributed by atoms with Crippen molar-refractivity contribution in [2.24, 2.45) is 5.84 Å². The summed E-state index contributed by atoms with van der Waals surface area (Å²) in [5.41, 5.74) is 2.21. The minimum absolute atomic E-state index is 0.0819. The molecule has 1 aromatic heterocycles. The van der Waals surface area contributed by atoms with Gasteiger partial charge in [0.05, 0.1) is 6.54 Å². The van der Waals surface area contributed by atoms with E-state index in [2.05, 4.69) is 5.10 Å². The highest BCUT2D eigenvalue weighted by atomic mass is 16.2. The van der Waals surface area contributed by atoms with Crippen LogP contribution in [0.15, 0.2) is 46.0 Å². The molecule has 7 nitrogen and oxygen atoms in total. The second-order valence-corrected chi connectivity index (χ2v) is 3.86. The van der Waals surface area contributed by atoms with E-state index in [4.69, 9.17) is 5.84 Å². The van der Waals surface area contributed by atoms with Gasteiger partial charge in [0, 0.05) is 17.7 Å². The molecule has 1 amide bonds. The average molecular weight is 260 g/mol. The molecule has 2 aromatic rings. The number of hydrazine groups is 1. The zero-order valence-electron chi connectivity index (χ0n) is 9.92. The van der Waals surface area contributed by atoms with Gasteiger partial charge < -0.3 is 0 Å². The normalized spacial score (nSPS) is 10.2. The SMILES string of the molecule is NNC(=O)c1ccccc1Cn1[nH]c(=O)ccc1=O. The maximum atomic E-state index is 11.6. The van der Waals surface area contributed by atoms with Crippen molar-refractivity contribution < 1.29 is 4.79 Å². The van der Waals surface area contributed by atoms with Crippen LogP contribution in [-0.2, 0) is 6.54 Å². The van der Waals surface area contributed by atoms with E-state index in [1.54, 1.807) is 24.3 Å². The van der Waals surface area contributed by atoms with Crippen LogP contribution in [0.25, 0.3) is 0 Å². The number of carbonyl (C=O) groups is 1. The second-order valence-electron chi connectivity index (χ2n) is 3.86. The van der Waals surface area contributed by atoms with Gasteiger partial charge in [-0.25, -0.2) is 10.5 Å². The van der Waals surface area contributed by atoms with Crippen LogP contribution in [0.4, 0.5) is 0 Å². The Kier molecular flexibility index (Phi) is 3.58. The smallest absolute Gasteiger partial charge is 0.265 e. The van der Waals surface area contributed by atoms with Crippen LogP contribution in [-0.4, -0.2) is 15.7 Å². The molecule has 19 heavy (non-hydrogen) atoms. The Morgan fingerprint density at radius 3 is 2.68 bits per heavy atom. The number of carbonyl (C=O) groups excluding carboxylic acids is 1. The quantitative estimate of drug-likeness (QED) is 0.381. The van der Waals surface area contributed by atoms with Crippen LogP contribution < -0.4 is 22.4 Å². The molecule has 4 N–H and O–H groups in total. The lowest BCUT2D eigenvalue weighted by molar-refractivity contribution is 0.0952. The molecule has 0 saturated heterocycles. The van der Waals surface area contributed by atoms with Crippen LogP contribution in [0.1, 0.15) is 15.9 Å². The summed E-state index contributed by atoms with van der Waals surface area (Å²) in [4.78, 5) is 34.4. The van der Waals surface area contributed by atoms with Gasteiger partial charge in [-0.05, 0) is 11.6 Å². The van der Waals surface area contributed by atoms with E-state index >= 15 is 0 Å². The maximum absolute atomic E-state index is 11.6. The van der Waals surface area contributed by atoms with Gasteiger partial charge >= 0.3 is 0 Å². The van der Waals surface area contributed by atoms with E-state index in [0.29, 0.717) is 11.1 Å². The molecule has 0 bridgehead atoms.